The number of hydrogen-bond donors (Lipinski definition) is 0. The van der Waals surface area contributed by atoms with E-state index in [1.54, 1.807) is 0 Å². The number of piperazine rings is 1. The molecule has 1 aliphatic heterocycles. The van der Waals surface area contributed by atoms with Crippen LogP contribution in [-0.2, 0) is 6.42 Å². The molecular formula is C21H21BrN4O2. The molecule has 0 N–H and O–H groups in total. The number of rotatable bonds is 5. The second-order valence-electron chi connectivity index (χ2n) is 6.76. The summed E-state index contributed by atoms with van der Waals surface area (Å²) < 4.78 is 6.69. The summed E-state index contributed by atoms with van der Waals surface area (Å²) in [6.45, 7) is 3.99. The van der Waals surface area contributed by atoms with Gasteiger partial charge in [0.05, 0.1) is 0 Å². The van der Waals surface area contributed by atoms with E-state index in [2.05, 4.69) is 31.0 Å². The van der Waals surface area contributed by atoms with Crippen LogP contribution in [0.2, 0.25) is 0 Å². The van der Waals surface area contributed by atoms with Gasteiger partial charge < -0.3 is 9.32 Å². The van der Waals surface area contributed by atoms with Gasteiger partial charge in [-0.2, -0.15) is 0 Å². The van der Waals surface area contributed by atoms with Crippen molar-refractivity contribution in [2.75, 3.05) is 32.7 Å². The molecule has 2 aromatic carbocycles. The van der Waals surface area contributed by atoms with Crippen LogP contribution < -0.4 is 0 Å². The van der Waals surface area contributed by atoms with Crippen LogP contribution in [0.1, 0.15) is 16.2 Å². The van der Waals surface area contributed by atoms with E-state index in [0.717, 1.165) is 48.3 Å². The highest BCUT2D eigenvalue weighted by Crippen LogP contribution is 2.18. The summed E-state index contributed by atoms with van der Waals surface area (Å²) in [5, 5.41) is 8.29. The average Bonchev–Trinajstić information content (AvgIpc) is 3.22. The molecule has 0 bridgehead atoms. The summed E-state index contributed by atoms with van der Waals surface area (Å²) in [6, 6.07) is 17.3. The predicted molar refractivity (Wildman–Crippen MR) is 110 cm³/mol. The third-order valence-corrected chi connectivity index (χ3v) is 5.35. The van der Waals surface area contributed by atoms with E-state index in [1.165, 1.54) is 0 Å². The molecule has 0 atom stereocenters. The van der Waals surface area contributed by atoms with Gasteiger partial charge in [0.15, 0.2) is 0 Å². The molecular weight excluding hydrogens is 420 g/mol. The van der Waals surface area contributed by atoms with Gasteiger partial charge in [0.2, 0.25) is 11.8 Å². The second-order valence-corrected chi connectivity index (χ2v) is 7.68. The molecule has 1 amide bonds. The topological polar surface area (TPSA) is 62.5 Å². The molecule has 7 heteroatoms. The van der Waals surface area contributed by atoms with Gasteiger partial charge in [0.1, 0.15) is 0 Å². The van der Waals surface area contributed by atoms with E-state index in [-0.39, 0.29) is 5.91 Å². The fourth-order valence-electron chi connectivity index (χ4n) is 3.28. The van der Waals surface area contributed by atoms with Crippen LogP contribution in [0, 0.1) is 0 Å². The largest absolute Gasteiger partial charge is 0.421 e. The predicted octanol–water partition coefficient (Wildman–Crippen LogP) is 3.50. The SMILES string of the molecule is O=C(c1cccc(Br)c1)N1CCN(CCc2nnc(-c3ccccc3)o2)CC1. The van der Waals surface area contributed by atoms with Gasteiger partial charge in [-0.15, -0.1) is 10.2 Å². The van der Waals surface area contributed by atoms with Crippen LogP contribution in [0.4, 0.5) is 0 Å². The third kappa shape index (κ3) is 4.48. The zero-order valence-corrected chi connectivity index (χ0v) is 17.0. The molecule has 144 valence electrons. The van der Waals surface area contributed by atoms with Gasteiger partial charge in [-0.05, 0) is 30.3 Å². The van der Waals surface area contributed by atoms with Crippen LogP contribution in [-0.4, -0.2) is 58.6 Å². The van der Waals surface area contributed by atoms with E-state index in [0.29, 0.717) is 18.2 Å². The highest BCUT2D eigenvalue weighted by Gasteiger charge is 2.22. The average molecular weight is 441 g/mol. The van der Waals surface area contributed by atoms with Crippen molar-refractivity contribution in [3.8, 4) is 11.5 Å². The van der Waals surface area contributed by atoms with E-state index < -0.39 is 0 Å². The number of nitrogens with zero attached hydrogens (tertiary/aromatic N) is 4. The second kappa shape index (κ2) is 8.67. The van der Waals surface area contributed by atoms with Gasteiger partial charge in [0.25, 0.3) is 5.91 Å². The maximum Gasteiger partial charge on any atom is 0.253 e. The van der Waals surface area contributed by atoms with E-state index in [1.807, 2.05) is 59.5 Å². The van der Waals surface area contributed by atoms with E-state index >= 15 is 0 Å². The third-order valence-electron chi connectivity index (χ3n) is 4.86. The van der Waals surface area contributed by atoms with Gasteiger partial charge in [0, 0.05) is 54.7 Å². The first-order valence-corrected chi connectivity index (χ1v) is 10.1. The monoisotopic (exact) mass is 440 g/mol. The van der Waals surface area contributed by atoms with Crippen molar-refractivity contribution in [1.29, 1.82) is 0 Å². The van der Waals surface area contributed by atoms with Gasteiger partial charge in [-0.3, -0.25) is 9.69 Å². The van der Waals surface area contributed by atoms with Crippen LogP contribution in [0.5, 0.6) is 0 Å². The highest BCUT2D eigenvalue weighted by molar-refractivity contribution is 9.10. The van der Waals surface area contributed by atoms with Crippen LogP contribution in [0.3, 0.4) is 0 Å². The number of carbonyl (C=O) groups is 1. The Labute approximate surface area is 172 Å². The van der Waals surface area contributed by atoms with Crippen molar-refractivity contribution in [2.45, 2.75) is 6.42 Å². The summed E-state index contributed by atoms with van der Waals surface area (Å²) in [4.78, 5) is 16.9. The van der Waals surface area contributed by atoms with Crippen molar-refractivity contribution < 1.29 is 9.21 Å². The molecule has 0 spiro atoms. The normalized spacial score (nSPS) is 15.0. The summed E-state index contributed by atoms with van der Waals surface area (Å²) >= 11 is 3.42. The number of aromatic nitrogens is 2. The Hall–Kier alpha value is -2.51. The molecule has 0 unspecified atom stereocenters. The van der Waals surface area contributed by atoms with E-state index in [9.17, 15) is 4.79 Å². The minimum Gasteiger partial charge on any atom is -0.421 e. The highest BCUT2D eigenvalue weighted by atomic mass is 79.9. The first-order valence-electron chi connectivity index (χ1n) is 9.34. The number of carbonyl (C=O) groups excluding carboxylic acids is 1. The molecule has 1 aromatic heterocycles. The van der Waals surface area contributed by atoms with Crippen molar-refractivity contribution in [3.63, 3.8) is 0 Å². The molecule has 4 rings (SSSR count). The van der Waals surface area contributed by atoms with Crippen LogP contribution in [0.15, 0.2) is 63.5 Å². The zero-order chi connectivity index (χ0) is 19.3. The number of amides is 1. The molecule has 3 aromatic rings. The fourth-order valence-corrected chi connectivity index (χ4v) is 3.68. The lowest BCUT2D eigenvalue weighted by Gasteiger charge is -2.34. The fraction of sp³-hybridized carbons (Fsp3) is 0.286. The van der Waals surface area contributed by atoms with Crippen molar-refractivity contribution in [1.82, 2.24) is 20.0 Å². The van der Waals surface area contributed by atoms with Gasteiger partial charge in [-0.1, -0.05) is 40.2 Å². The van der Waals surface area contributed by atoms with E-state index in [4.69, 9.17) is 4.42 Å². The Morgan fingerprint density at radius 1 is 1.00 bits per heavy atom. The molecule has 0 saturated carbocycles. The summed E-state index contributed by atoms with van der Waals surface area (Å²) in [5.41, 5.74) is 1.66. The first-order chi connectivity index (χ1) is 13.7. The van der Waals surface area contributed by atoms with Crippen molar-refractivity contribution in [2.24, 2.45) is 0 Å². The zero-order valence-electron chi connectivity index (χ0n) is 15.4. The number of hydrogen-bond acceptors (Lipinski definition) is 5. The number of halogens is 1. The van der Waals surface area contributed by atoms with Crippen LogP contribution >= 0.6 is 15.9 Å². The standard InChI is InChI=1S/C21H21BrN4O2/c22-18-8-4-7-17(15-18)21(27)26-13-11-25(12-14-26)10-9-19-23-24-20(28-19)16-5-2-1-3-6-16/h1-8,15H,9-14H2. The lowest BCUT2D eigenvalue weighted by molar-refractivity contribution is 0.0636. The van der Waals surface area contributed by atoms with Crippen molar-refractivity contribution in [3.05, 3.63) is 70.5 Å². The van der Waals surface area contributed by atoms with Crippen molar-refractivity contribution >= 4 is 21.8 Å². The van der Waals surface area contributed by atoms with Gasteiger partial charge in [-0.25, -0.2) is 0 Å². The maximum absolute atomic E-state index is 12.6. The Balaban J connectivity index is 1.27. The van der Waals surface area contributed by atoms with Crippen LogP contribution in [0.25, 0.3) is 11.5 Å². The molecule has 1 fully saturated rings. The summed E-state index contributed by atoms with van der Waals surface area (Å²) in [6.07, 6.45) is 0.708. The Morgan fingerprint density at radius 3 is 2.54 bits per heavy atom. The summed E-state index contributed by atoms with van der Waals surface area (Å²) in [5.74, 6) is 1.29. The number of benzene rings is 2. The molecule has 6 nitrogen and oxygen atoms in total. The molecule has 2 heterocycles. The Morgan fingerprint density at radius 2 is 1.79 bits per heavy atom. The lowest BCUT2D eigenvalue weighted by Crippen LogP contribution is -2.49. The lowest BCUT2D eigenvalue weighted by atomic mass is 10.2. The smallest absolute Gasteiger partial charge is 0.253 e. The molecule has 28 heavy (non-hydrogen) atoms. The molecule has 1 saturated heterocycles. The molecule has 1 aliphatic rings. The van der Waals surface area contributed by atoms with Gasteiger partial charge >= 0.3 is 0 Å². The minimum atomic E-state index is 0.0883. The maximum atomic E-state index is 12.6. The molecule has 0 radical (unpaired) electrons. The first kappa shape index (κ1) is 18.8. The quantitative estimate of drug-likeness (QED) is 0.607. The molecule has 0 aliphatic carbocycles. The Kier molecular flexibility index (Phi) is 5.83. The summed E-state index contributed by atoms with van der Waals surface area (Å²) in [7, 11) is 0. The Bertz CT molecular complexity index is 936. The minimum absolute atomic E-state index is 0.0883.